The van der Waals surface area contributed by atoms with Crippen LogP contribution < -0.4 is 5.73 Å². The molecule has 1 fully saturated rings. The highest BCUT2D eigenvalue weighted by atomic mass is 32.2. The van der Waals surface area contributed by atoms with Gasteiger partial charge in [0, 0.05) is 36.8 Å². The van der Waals surface area contributed by atoms with Crippen molar-refractivity contribution in [2.45, 2.75) is 6.42 Å². The zero-order valence-electron chi connectivity index (χ0n) is 8.98. The summed E-state index contributed by atoms with van der Waals surface area (Å²) in [6.45, 7) is 3.68. The maximum absolute atomic E-state index is 5.65. The standard InChI is InChI=1S/C12H18N2S/c13-12-3-1-11(2-4-12)5-6-14-7-9-15-10-8-14/h1-4H,5-10,13H2. The van der Waals surface area contributed by atoms with Gasteiger partial charge in [0.1, 0.15) is 0 Å². The summed E-state index contributed by atoms with van der Waals surface area (Å²) in [5.74, 6) is 2.59. The molecule has 82 valence electrons. The summed E-state index contributed by atoms with van der Waals surface area (Å²) in [6.07, 6.45) is 1.14. The van der Waals surface area contributed by atoms with Crippen molar-refractivity contribution in [3.8, 4) is 0 Å². The third-order valence-corrected chi connectivity index (χ3v) is 3.74. The van der Waals surface area contributed by atoms with Crippen LogP contribution in [0, 0.1) is 0 Å². The molecule has 0 spiro atoms. The maximum atomic E-state index is 5.65. The minimum Gasteiger partial charge on any atom is -0.399 e. The molecular formula is C12H18N2S. The minimum atomic E-state index is 0.855. The van der Waals surface area contributed by atoms with Crippen LogP contribution in [0.5, 0.6) is 0 Å². The molecule has 1 aromatic rings. The van der Waals surface area contributed by atoms with Crippen LogP contribution >= 0.6 is 11.8 Å². The van der Waals surface area contributed by atoms with Crippen LogP contribution in [0.25, 0.3) is 0 Å². The van der Waals surface area contributed by atoms with Crippen molar-refractivity contribution in [1.29, 1.82) is 0 Å². The van der Waals surface area contributed by atoms with E-state index in [1.54, 1.807) is 0 Å². The summed E-state index contributed by atoms with van der Waals surface area (Å²) in [7, 11) is 0. The van der Waals surface area contributed by atoms with E-state index in [-0.39, 0.29) is 0 Å². The molecule has 0 bridgehead atoms. The third kappa shape index (κ3) is 3.43. The van der Waals surface area contributed by atoms with E-state index in [9.17, 15) is 0 Å². The number of nitrogen functional groups attached to an aromatic ring is 1. The Kier molecular flexibility index (Phi) is 3.92. The van der Waals surface area contributed by atoms with Crippen LogP contribution in [0.3, 0.4) is 0 Å². The first kappa shape index (κ1) is 10.8. The van der Waals surface area contributed by atoms with E-state index < -0.39 is 0 Å². The van der Waals surface area contributed by atoms with Gasteiger partial charge in [-0.3, -0.25) is 0 Å². The summed E-state index contributed by atoms with van der Waals surface area (Å²) >= 11 is 2.06. The lowest BCUT2D eigenvalue weighted by atomic mass is 10.1. The third-order valence-electron chi connectivity index (χ3n) is 2.80. The summed E-state index contributed by atoms with van der Waals surface area (Å²) in [4.78, 5) is 2.55. The van der Waals surface area contributed by atoms with Gasteiger partial charge in [0.25, 0.3) is 0 Å². The molecule has 2 N–H and O–H groups in total. The van der Waals surface area contributed by atoms with Gasteiger partial charge >= 0.3 is 0 Å². The molecule has 2 rings (SSSR count). The van der Waals surface area contributed by atoms with Crippen LogP contribution in [0.2, 0.25) is 0 Å². The Labute approximate surface area is 95.8 Å². The lowest BCUT2D eigenvalue weighted by Crippen LogP contribution is -2.34. The largest absolute Gasteiger partial charge is 0.399 e. The van der Waals surface area contributed by atoms with Crippen LogP contribution in [0.1, 0.15) is 5.56 Å². The topological polar surface area (TPSA) is 29.3 Å². The SMILES string of the molecule is Nc1ccc(CCN2CCSCC2)cc1. The summed E-state index contributed by atoms with van der Waals surface area (Å²) in [6, 6.07) is 8.24. The summed E-state index contributed by atoms with van der Waals surface area (Å²) < 4.78 is 0. The smallest absolute Gasteiger partial charge is 0.0314 e. The molecule has 0 aliphatic carbocycles. The van der Waals surface area contributed by atoms with Crippen molar-refractivity contribution < 1.29 is 0 Å². The number of nitrogens with zero attached hydrogens (tertiary/aromatic N) is 1. The van der Waals surface area contributed by atoms with Crippen LogP contribution in [-0.2, 0) is 6.42 Å². The maximum Gasteiger partial charge on any atom is 0.0314 e. The Morgan fingerprint density at radius 3 is 2.47 bits per heavy atom. The first-order chi connectivity index (χ1) is 7.34. The Bertz CT molecular complexity index is 291. The van der Waals surface area contributed by atoms with Crippen LogP contribution in [0.4, 0.5) is 5.69 Å². The Balaban J connectivity index is 1.79. The summed E-state index contributed by atoms with van der Waals surface area (Å²) in [5.41, 5.74) is 7.90. The Morgan fingerprint density at radius 1 is 1.13 bits per heavy atom. The van der Waals surface area contributed by atoms with Gasteiger partial charge in [-0.05, 0) is 24.1 Å². The van der Waals surface area contributed by atoms with Crippen LogP contribution in [-0.4, -0.2) is 36.0 Å². The average molecular weight is 222 g/mol. The van der Waals surface area contributed by atoms with E-state index in [1.807, 2.05) is 12.1 Å². The first-order valence-corrected chi connectivity index (χ1v) is 6.64. The molecule has 1 heterocycles. The molecule has 0 aromatic heterocycles. The second kappa shape index (κ2) is 5.42. The highest BCUT2D eigenvalue weighted by molar-refractivity contribution is 7.99. The van der Waals surface area contributed by atoms with Gasteiger partial charge < -0.3 is 10.6 Å². The molecular weight excluding hydrogens is 204 g/mol. The van der Waals surface area contributed by atoms with Crippen molar-refractivity contribution in [3.63, 3.8) is 0 Å². The molecule has 1 aromatic carbocycles. The van der Waals surface area contributed by atoms with E-state index in [0.29, 0.717) is 0 Å². The molecule has 0 saturated carbocycles. The Hall–Kier alpha value is -0.670. The zero-order valence-corrected chi connectivity index (χ0v) is 9.80. The molecule has 1 aliphatic rings. The van der Waals surface area contributed by atoms with Gasteiger partial charge in [-0.25, -0.2) is 0 Å². The zero-order chi connectivity index (χ0) is 10.5. The van der Waals surface area contributed by atoms with E-state index >= 15 is 0 Å². The Morgan fingerprint density at radius 2 is 1.80 bits per heavy atom. The molecule has 0 radical (unpaired) electrons. The number of rotatable bonds is 3. The van der Waals surface area contributed by atoms with Gasteiger partial charge in [0.15, 0.2) is 0 Å². The molecule has 15 heavy (non-hydrogen) atoms. The molecule has 0 unspecified atom stereocenters. The van der Waals surface area contributed by atoms with Gasteiger partial charge in [-0.1, -0.05) is 12.1 Å². The number of thioether (sulfide) groups is 1. The van der Waals surface area contributed by atoms with Gasteiger partial charge in [-0.15, -0.1) is 0 Å². The molecule has 2 nitrogen and oxygen atoms in total. The second-order valence-corrected chi connectivity index (χ2v) is 5.17. The highest BCUT2D eigenvalue weighted by Gasteiger charge is 2.09. The fraction of sp³-hybridized carbons (Fsp3) is 0.500. The van der Waals surface area contributed by atoms with E-state index in [2.05, 4.69) is 28.8 Å². The summed E-state index contributed by atoms with van der Waals surface area (Å²) in [5, 5.41) is 0. The van der Waals surface area contributed by atoms with Crippen molar-refractivity contribution in [1.82, 2.24) is 4.90 Å². The molecule has 3 heteroatoms. The van der Waals surface area contributed by atoms with E-state index in [1.165, 1.54) is 36.7 Å². The van der Waals surface area contributed by atoms with E-state index in [4.69, 9.17) is 5.73 Å². The lowest BCUT2D eigenvalue weighted by molar-refractivity contribution is 0.306. The normalized spacial score (nSPS) is 17.9. The number of hydrogen-bond acceptors (Lipinski definition) is 3. The molecule has 0 atom stereocenters. The monoisotopic (exact) mass is 222 g/mol. The predicted octanol–water partition coefficient (Wildman–Crippen LogP) is 1.86. The predicted molar refractivity (Wildman–Crippen MR) is 68.3 cm³/mol. The average Bonchev–Trinajstić information content (AvgIpc) is 2.30. The van der Waals surface area contributed by atoms with Gasteiger partial charge in [0.2, 0.25) is 0 Å². The van der Waals surface area contributed by atoms with Crippen LogP contribution in [0.15, 0.2) is 24.3 Å². The van der Waals surface area contributed by atoms with E-state index in [0.717, 1.165) is 12.1 Å². The number of benzene rings is 1. The van der Waals surface area contributed by atoms with Gasteiger partial charge in [0.05, 0.1) is 0 Å². The van der Waals surface area contributed by atoms with Gasteiger partial charge in [-0.2, -0.15) is 11.8 Å². The second-order valence-electron chi connectivity index (χ2n) is 3.95. The van der Waals surface area contributed by atoms with Crippen molar-refractivity contribution in [2.75, 3.05) is 36.9 Å². The molecule has 1 saturated heterocycles. The number of anilines is 1. The number of hydrogen-bond donors (Lipinski definition) is 1. The minimum absolute atomic E-state index is 0.855. The molecule has 0 amide bonds. The lowest BCUT2D eigenvalue weighted by Gasteiger charge is -2.25. The van der Waals surface area contributed by atoms with Crippen molar-refractivity contribution >= 4 is 17.4 Å². The highest BCUT2D eigenvalue weighted by Crippen LogP contribution is 2.11. The quantitative estimate of drug-likeness (QED) is 0.792. The first-order valence-electron chi connectivity index (χ1n) is 5.49. The van der Waals surface area contributed by atoms with Crippen molar-refractivity contribution in [2.24, 2.45) is 0 Å². The van der Waals surface area contributed by atoms with Crippen molar-refractivity contribution in [3.05, 3.63) is 29.8 Å². The number of nitrogens with two attached hydrogens (primary N) is 1. The molecule has 1 aliphatic heterocycles. The fourth-order valence-corrected chi connectivity index (χ4v) is 2.78. The fourth-order valence-electron chi connectivity index (χ4n) is 1.80.